The summed E-state index contributed by atoms with van der Waals surface area (Å²) in [5.41, 5.74) is 2.52. The van der Waals surface area contributed by atoms with Gasteiger partial charge in [0.2, 0.25) is 5.91 Å². The van der Waals surface area contributed by atoms with Gasteiger partial charge in [-0.05, 0) is 43.3 Å². The highest BCUT2D eigenvalue weighted by atomic mass is 16.2. The molecule has 5 heteroatoms. The number of nitrogens with zero attached hydrogens (tertiary/aromatic N) is 4. The number of carbonyl (C=O) groups is 1. The molecule has 1 aromatic heterocycles. The summed E-state index contributed by atoms with van der Waals surface area (Å²) in [4.78, 5) is 21.3. The molecule has 0 N–H and O–H groups in total. The lowest BCUT2D eigenvalue weighted by atomic mass is 9.86. The molecule has 1 spiro atoms. The quantitative estimate of drug-likeness (QED) is 0.867. The van der Waals surface area contributed by atoms with Crippen LogP contribution in [0.3, 0.4) is 0 Å². The summed E-state index contributed by atoms with van der Waals surface area (Å²) in [5, 5.41) is 9.08. The normalized spacial score (nSPS) is 23.3. The molecule has 0 bridgehead atoms. The Morgan fingerprint density at radius 3 is 2.92 bits per heavy atom. The molecule has 3 heterocycles. The van der Waals surface area contributed by atoms with Crippen molar-refractivity contribution in [3.63, 3.8) is 0 Å². The Labute approximate surface area is 147 Å². The molecular formula is C20H20N4O. The van der Waals surface area contributed by atoms with Crippen molar-refractivity contribution in [3.05, 3.63) is 59.9 Å². The van der Waals surface area contributed by atoms with Gasteiger partial charge in [-0.3, -0.25) is 14.7 Å². The number of anilines is 1. The molecule has 4 rings (SSSR count). The van der Waals surface area contributed by atoms with Crippen LogP contribution in [0.25, 0.3) is 0 Å². The first-order valence-corrected chi connectivity index (χ1v) is 8.60. The van der Waals surface area contributed by atoms with E-state index in [0.29, 0.717) is 12.0 Å². The molecule has 2 saturated heterocycles. The monoisotopic (exact) mass is 332 g/mol. The maximum Gasteiger partial charge on any atom is 0.227 e. The number of nitriles is 1. The van der Waals surface area contributed by atoms with Crippen LogP contribution in [0.1, 0.15) is 24.1 Å². The fraction of sp³-hybridized carbons (Fsp3) is 0.350. The van der Waals surface area contributed by atoms with Gasteiger partial charge in [0, 0.05) is 43.4 Å². The van der Waals surface area contributed by atoms with Gasteiger partial charge in [-0.2, -0.15) is 5.26 Å². The van der Waals surface area contributed by atoms with E-state index in [1.165, 1.54) is 0 Å². The highest BCUT2D eigenvalue weighted by Gasteiger charge is 2.47. The molecule has 2 fully saturated rings. The minimum Gasteiger partial charge on any atom is -0.312 e. The summed E-state index contributed by atoms with van der Waals surface area (Å²) >= 11 is 0. The first kappa shape index (κ1) is 15.8. The molecule has 1 amide bonds. The first-order chi connectivity index (χ1) is 12.2. The second-order valence-electron chi connectivity index (χ2n) is 7.10. The van der Waals surface area contributed by atoms with E-state index in [9.17, 15) is 4.79 Å². The number of likely N-dealkylation sites (tertiary alicyclic amines) is 1. The van der Waals surface area contributed by atoms with E-state index >= 15 is 0 Å². The van der Waals surface area contributed by atoms with E-state index in [4.69, 9.17) is 5.26 Å². The maximum absolute atomic E-state index is 12.6. The van der Waals surface area contributed by atoms with Crippen molar-refractivity contribution < 1.29 is 4.79 Å². The molecular weight excluding hydrogens is 312 g/mol. The molecule has 5 nitrogen and oxygen atoms in total. The van der Waals surface area contributed by atoms with Gasteiger partial charge >= 0.3 is 0 Å². The van der Waals surface area contributed by atoms with Crippen LogP contribution < -0.4 is 4.90 Å². The van der Waals surface area contributed by atoms with Crippen LogP contribution in [0, 0.1) is 16.7 Å². The van der Waals surface area contributed by atoms with Gasteiger partial charge in [-0.1, -0.05) is 12.1 Å². The van der Waals surface area contributed by atoms with Crippen LogP contribution in [0.2, 0.25) is 0 Å². The lowest BCUT2D eigenvalue weighted by molar-refractivity contribution is -0.117. The molecule has 2 aliphatic heterocycles. The third-order valence-corrected chi connectivity index (χ3v) is 5.24. The molecule has 0 unspecified atom stereocenters. The molecule has 0 radical (unpaired) electrons. The number of benzene rings is 1. The SMILES string of the molecule is N#Cc1cccc(N2C[C@@]3(CCN(Cc4ccccn4)C3)CC2=O)c1. The van der Waals surface area contributed by atoms with Crippen molar-refractivity contribution in [2.45, 2.75) is 19.4 Å². The number of aromatic nitrogens is 1. The predicted molar refractivity (Wildman–Crippen MR) is 94.7 cm³/mol. The highest BCUT2D eigenvalue weighted by Crippen LogP contribution is 2.42. The lowest BCUT2D eigenvalue weighted by Crippen LogP contribution is -2.31. The Morgan fingerprint density at radius 2 is 2.12 bits per heavy atom. The largest absolute Gasteiger partial charge is 0.312 e. The van der Waals surface area contributed by atoms with E-state index in [2.05, 4.69) is 16.0 Å². The molecule has 1 atom stereocenters. The lowest BCUT2D eigenvalue weighted by Gasteiger charge is -2.24. The van der Waals surface area contributed by atoms with E-state index in [-0.39, 0.29) is 11.3 Å². The highest BCUT2D eigenvalue weighted by molar-refractivity contribution is 5.96. The number of rotatable bonds is 3. The summed E-state index contributed by atoms with van der Waals surface area (Å²) in [6.07, 6.45) is 3.44. The van der Waals surface area contributed by atoms with Crippen molar-refractivity contribution in [2.75, 3.05) is 24.5 Å². The summed E-state index contributed by atoms with van der Waals surface area (Å²) in [7, 11) is 0. The van der Waals surface area contributed by atoms with Gasteiger partial charge in [-0.15, -0.1) is 0 Å². The van der Waals surface area contributed by atoms with E-state index < -0.39 is 0 Å². The molecule has 0 saturated carbocycles. The minimum atomic E-state index is 0.0223. The van der Waals surface area contributed by atoms with Crippen molar-refractivity contribution >= 4 is 11.6 Å². The molecule has 25 heavy (non-hydrogen) atoms. The van der Waals surface area contributed by atoms with Gasteiger partial charge in [0.05, 0.1) is 17.3 Å². The summed E-state index contributed by atoms with van der Waals surface area (Å²) < 4.78 is 0. The first-order valence-electron chi connectivity index (χ1n) is 8.60. The van der Waals surface area contributed by atoms with Crippen molar-refractivity contribution in [2.24, 2.45) is 5.41 Å². The second kappa shape index (κ2) is 6.30. The van der Waals surface area contributed by atoms with Gasteiger partial charge < -0.3 is 4.90 Å². The average molecular weight is 332 g/mol. The zero-order chi connectivity index (χ0) is 17.3. The topological polar surface area (TPSA) is 60.2 Å². The Morgan fingerprint density at radius 1 is 1.20 bits per heavy atom. The van der Waals surface area contributed by atoms with Crippen LogP contribution in [-0.4, -0.2) is 35.4 Å². The third-order valence-electron chi connectivity index (χ3n) is 5.24. The van der Waals surface area contributed by atoms with E-state index in [0.717, 1.165) is 44.0 Å². The standard InChI is InChI=1S/C20H20N4O/c21-12-16-4-3-6-18(10-16)24-15-20(11-19(24)25)7-9-23(14-20)13-17-5-1-2-8-22-17/h1-6,8,10H,7,9,11,13-15H2/t20-/m0/s1. The predicted octanol–water partition coefficient (Wildman–Crippen LogP) is 2.58. The smallest absolute Gasteiger partial charge is 0.227 e. The van der Waals surface area contributed by atoms with Crippen LogP contribution >= 0.6 is 0 Å². The van der Waals surface area contributed by atoms with Gasteiger partial charge in [0.25, 0.3) is 0 Å². The Balaban J connectivity index is 1.47. The summed E-state index contributed by atoms with van der Waals surface area (Å²) in [6.45, 7) is 3.49. The van der Waals surface area contributed by atoms with Crippen molar-refractivity contribution in [1.29, 1.82) is 5.26 Å². The number of hydrogen-bond donors (Lipinski definition) is 0. The van der Waals surface area contributed by atoms with Crippen LogP contribution in [0.15, 0.2) is 48.7 Å². The zero-order valence-corrected chi connectivity index (χ0v) is 14.1. The molecule has 126 valence electrons. The fourth-order valence-electron chi connectivity index (χ4n) is 4.03. The Bertz CT molecular complexity index is 829. The van der Waals surface area contributed by atoms with Gasteiger partial charge in [-0.25, -0.2) is 0 Å². The van der Waals surface area contributed by atoms with Crippen molar-refractivity contribution in [3.8, 4) is 6.07 Å². The number of amides is 1. The number of pyridine rings is 1. The zero-order valence-electron chi connectivity index (χ0n) is 14.1. The molecule has 0 aliphatic carbocycles. The summed E-state index contributed by atoms with van der Waals surface area (Å²) in [6, 6.07) is 15.5. The van der Waals surface area contributed by atoms with Gasteiger partial charge in [0.15, 0.2) is 0 Å². The Hall–Kier alpha value is -2.71. The van der Waals surface area contributed by atoms with Crippen LogP contribution in [0.5, 0.6) is 0 Å². The van der Waals surface area contributed by atoms with E-state index in [1.54, 1.807) is 12.1 Å². The Kier molecular flexibility index (Phi) is 3.98. The van der Waals surface area contributed by atoms with Gasteiger partial charge in [0.1, 0.15) is 0 Å². The summed E-state index contributed by atoms with van der Waals surface area (Å²) in [5.74, 6) is 0.162. The van der Waals surface area contributed by atoms with E-state index in [1.807, 2.05) is 41.4 Å². The third kappa shape index (κ3) is 3.13. The molecule has 2 aliphatic rings. The fourth-order valence-corrected chi connectivity index (χ4v) is 4.03. The average Bonchev–Trinajstić information content (AvgIpc) is 3.18. The number of carbonyl (C=O) groups excluding carboxylic acids is 1. The minimum absolute atomic E-state index is 0.0223. The van der Waals surface area contributed by atoms with Crippen LogP contribution in [0.4, 0.5) is 5.69 Å². The maximum atomic E-state index is 12.6. The number of hydrogen-bond acceptors (Lipinski definition) is 4. The van der Waals surface area contributed by atoms with Crippen LogP contribution in [-0.2, 0) is 11.3 Å². The second-order valence-corrected chi connectivity index (χ2v) is 7.10. The molecule has 2 aromatic rings. The van der Waals surface area contributed by atoms with Crippen molar-refractivity contribution in [1.82, 2.24) is 9.88 Å². The molecule has 1 aromatic carbocycles.